The second kappa shape index (κ2) is 16.2. The Hall–Kier alpha value is -3.46. The van der Waals surface area contributed by atoms with E-state index in [4.69, 9.17) is 32.1 Å². The molecule has 0 fully saturated rings. The number of pyridine rings is 1. The molecule has 0 radical (unpaired) electrons. The minimum atomic E-state index is -4.46. The van der Waals surface area contributed by atoms with Gasteiger partial charge < -0.3 is 19.1 Å². The SMILES string of the molecule is CC(C)(C)OC(=O)CCC(=O)Nc1ccc(CC(c2ccsc2[N+](=O)[O-])S(=O)(=O)Oc2ccc(N(CCCl)CCCl)cc2)cn1. The minimum Gasteiger partial charge on any atom is -0.460 e. The van der Waals surface area contributed by atoms with Crippen LogP contribution >= 0.6 is 34.5 Å². The van der Waals surface area contributed by atoms with Crippen molar-refractivity contribution in [2.45, 2.75) is 50.9 Å². The average molecular weight is 702 g/mol. The standard InChI is InChI=1S/C29H34Cl2N4O8S2/c1-29(2,3)42-27(37)11-10-26(36)33-25-9-4-20(19-32-25)18-24(23-12-17-44-28(23)35(38)39)45(40,41)43-22-7-5-21(6-8-22)34(15-13-30)16-14-31/h4-9,12,17,19,24H,10-11,13-16,18H2,1-3H3,(H,32,33,36). The van der Waals surface area contributed by atoms with Gasteiger partial charge in [0.05, 0.1) is 16.9 Å². The molecule has 1 atom stereocenters. The van der Waals surface area contributed by atoms with Crippen LogP contribution in [0.3, 0.4) is 0 Å². The van der Waals surface area contributed by atoms with Crippen LogP contribution in [-0.4, -0.2) is 60.7 Å². The lowest BCUT2D eigenvalue weighted by molar-refractivity contribution is -0.380. The summed E-state index contributed by atoms with van der Waals surface area (Å²) < 4.78 is 37.9. The molecule has 1 N–H and O–H groups in total. The van der Waals surface area contributed by atoms with E-state index in [0.717, 1.165) is 17.0 Å². The molecular formula is C29H34Cl2N4O8S2. The Morgan fingerprint density at radius 2 is 1.73 bits per heavy atom. The molecule has 0 aliphatic rings. The smallest absolute Gasteiger partial charge is 0.328 e. The fourth-order valence-electron chi connectivity index (χ4n) is 4.20. The van der Waals surface area contributed by atoms with Crippen LogP contribution in [0.1, 0.15) is 50.0 Å². The molecule has 2 aromatic heterocycles. The number of aromatic nitrogens is 1. The molecule has 244 valence electrons. The van der Waals surface area contributed by atoms with E-state index in [1.165, 1.54) is 35.8 Å². The maximum absolute atomic E-state index is 13.6. The number of alkyl halides is 2. The van der Waals surface area contributed by atoms with E-state index in [1.54, 1.807) is 39.0 Å². The Morgan fingerprint density at radius 3 is 2.29 bits per heavy atom. The monoisotopic (exact) mass is 700 g/mol. The van der Waals surface area contributed by atoms with Crippen LogP contribution in [0.15, 0.2) is 54.0 Å². The number of halogens is 2. The average Bonchev–Trinajstić information content (AvgIpc) is 3.45. The van der Waals surface area contributed by atoms with Crippen LogP contribution in [0.2, 0.25) is 0 Å². The van der Waals surface area contributed by atoms with Gasteiger partial charge in [0, 0.05) is 43.2 Å². The zero-order valence-electron chi connectivity index (χ0n) is 24.9. The molecule has 0 bridgehead atoms. The first-order valence-corrected chi connectivity index (χ1v) is 17.2. The van der Waals surface area contributed by atoms with Crippen molar-refractivity contribution >= 4 is 73.0 Å². The zero-order chi connectivity index (χ0) is 33.2. The molecule has 3 aromatic rings. The first kappa shape index (κ1) is 36.0. The highest BCUT2D eigenvalue weighted by Gasteiger charge is 2.36. The van der Waals surface area contributed by atoms with Gasteiger partial charge in [0.15, 0.2) is 0 Å². The molecule has 2 heterocycles. The van der Waals surface area contributed by atoms with Crippen LogP contribution in [0.4, 0.5) is 16.5 Å². The summed E-state index contributed by atoms with van der Waals surface area (Å²) in [5.41, 5.74) is 0.518. The zero-order valence-corrected chi connectivity index (χ0v) is 28.0. The number of benzene rings is 1. The number of carbonyl (C=O) groups is 2. The number of ether oxygens (including phenoxy) is 1. The van der Waals surface area contributed by atoms with Crippen LogP contribution < -0.4 is 14.4 Å². The van der Waals surface area contributed by atoms with E-state index < -0.39 is 37.8 Å². The number of nitrogens with one attached hydrogen (secondary N) is 1. The number of nitrogens with zero attached hydrogens (tertiary/aromatic N) is 3. The summed E-state index contributed by atoms with van der Waals surface area (Å²) in [5, 5.41) is 14.0. The van der Waals surface area contributed by atoms with Crippen molar-refractivity contribution in [3.05, 3.63) is 75.3 Å². The predicted molar refractivity (Wildman–Crippen MR) is 175 cm³/mol. The van der Waals surface area contributed by atoms with Crippen LogP contribution in [0, 0.1) is 10.1 Å². The molecule has 0 saturated heterocycles. The number of hydrogen-bond acceptors (Lipinski definition) is 11. The molecule has 1 unspecified atom stereocenters. The van der Waals surface area contributed by atoms with E-state index in [0.29, 0.717) is 30.4 Å². The minimum absolute atomic E-state index is 0.0171. The summed E-state index contributed by atoms with van der Waals surface area (Å²) in [6.45, 7) is 6.27. The van der Waals surface area contributed by atoms with Gasteiger partial charge in [0.1, 0.15) is 22.4 Å². The number of esters is 1. The van der Waals surface area contributed by atoms with Crippen LogP contribution in [-0.2, 0) is 30.9 Å². The van der Waals surface area contributed by atoms with Crippen LogP contribution in [0.5, 0.6) is 5.75 Å². The third-order valence-corrected chi connectivity index (χ3v) is 8.91. The van der Waals surface area contributed by atoms with Gasteiger partial charge in [-0.2, -0.15) is 8.42 Å². The van der Waals surface area contributed by atoms with E-state index in [2.05, 4.69) is 10.3 Å². The fraction of sp³-hybridized carbons (Fsp3) is 0.414. The van der Waals surface area contributed by atoms with Crippen molar-refractivity contribution in [1.29, 1.82) is 0 Å². The third-order valence-electron chi connectivity index (χ3n) is 6.15. The summed E-state index contributed by atoms with van der Waals surface area (Å²) in [6, 6.07) is 10.7. The number of rotatable bonds is 16. The lowest BCUT2D eigenvalue weighted by atomic mass is 10.1. The highest BCUT2D eigenvalue weighted by molar-refractivity contribution is 7.87. The summed E-state index contributed by atoms with van der Waals surface area (Å²) in [5.74, 6) is 0.00212. The molecule has 0 saturated carbocycles. The maximum Gasteiger partial charge on any atom is 0.328 e. The van der Waals surface area contributed by atoms with Crippen molar-refractivity contribution in [2.75, 3.05) is 35.1 Å². The Labute approximate surface area is 275 Å². The molecule has 16 heteroatoms. The lowest BCUT2D eigenvalue weighted by Crippen LogP contribution is -2.27. The molecular weight excluding hydrogens is 667 g/mol. The number of anilines is 2. The van der Waals surface area contributed by atoms with Crippen LogP contribution in [0.25, 0.3) is 0 Å². The van der Waals surface area contributed by atoms with Gasteiger partial charge in [-0.05, 0) is 74.5 Å². The number of carbonyl (C=O) groups excluding carboxylic acids is 2. The number of hydrogen-bond donors (Lipinski definition) is 1. The van der Waals surface area contributed by atoms with Gasteiger partial charge in [-0.1, -0.05) is 17.4 Å². The fourth-order valence-corrected chi connectivity index (χ4v) is 6.85. The number of nitro groups is 1. The topological polar surface area (TPSA) is 158 Å². The molecule has 12 nitrogen and oxygen atoms in total. The summed E-state index contributed by atoms with van der Waals surface area (Å²) in [4.78, 5) is 41.4. The molecule has 1 aromatic carbocycles. The summed E-state index contributed by atoms with van der Waals surface area (Å²) in [6.07, 6.45) is 0.941. The Bertz CT molecular complexity index is 1550. The summed E-state index contributed by atoms with van der Waals surface area (Å²) >= 11 is 12.6. The largest absolute Gasteiger partial charge is 0.460 e. The Balaban J connectivity index is 1.77. The van der Waals surface area contributed by atoms with Gasteiger partial charge in [0.25, 0.3) is 0 Å². The molecule has 0 aliphatic heterocycles. The quantitative estimate of drug-likeness (QED) is 0.0609. The molecule has 1 amide bonds. The summed E-state index contributed by atoms with van der Waals surface area (Å²) in [7, 11) is -4.46. The maximum atomic E-state index is 13.6. The first-order chi connectivity index (χ1) is 21.2. The second-order valence-corrected chi connectivity index (χ2v) is 14.1. The normalized spacial score (nSPS) is 12.3. The second-order valence-electron chi connectivity index (χ2n) is 10.8. The van der Waals surface area contributed by atoms with E-state index >= 15 is 0 Å². The number of thiophene rings is 1. The highest BCUT2D eigenvalue weighted by Crippen LogP contribution is 2.38. The van der Waals surface area contributed by atoms with E-state index in [9.17, 15) is 28.1 Å². The van der Waals surface area contributed by atoms with Gasteiger partial charge in [-0.3, -0.25) is 19.7 Å². The van der Waals surface area contributed by atoms with Crippen molar-refractivity contribution < 1.29 is 31.9 Å². The molecule has 0 spiro atoms. The first-order valence-electron chi connectivity index (χ1n) is 13.8. The number of amides is 1. The van der Waals surface area contributed by atoms with Gasteiger partial charge >= 0.3 is 21.1 Å². The van der Waals surface area contributed by atoms with Crippen molar-refractivity contribution in [2.24, 2.45) is 0 Å². The highest BCUT2D eigenvalue weighted by atomic mass is 35.5. The molecule has 3 rings (SSSR count). The Kier molecular flexibility index (Phi) is 13.0. The van der Waals surface area contributed by atoms with E-state index in [-0.39, 0.29) is 41.4 Å². The van der Waals surface area contributed by atoms with E-state index in [1.807, 2.05) is 4.90 Å². The van der Waals surface area contributed by atoms with Crippen molar-refractivity contribution in [1.82, 2.24) is 4.98 Å². The third kappa shape index (κ3) is 11.1. The van der Waals surface area contributed by atoms with Crippen molar-refractivity contribution in [3.63, 3.8) is 0 Å². The predicted octanol–water partition coefficient (Wildman–Crippen LogP) is 6.09. The van der Waals surface area contributed by atoms with Gasteiger partial charge in [0.2, 0.25) is 5.91 Å². The molecule has 45 heavy (non-hydrogen) atoms. The molecule has 0 aliphatic carbocycles. The Morgan fingerprint density at radius 1 is 1.07 bits per heavy atom. The van der Waals surface area contributed by atoms with Gasteiger partial charge in [-0.15, -0.1) is 23.2 Å². The van der Waals surface area contributed by atoms with Crippen molar-refractivity contribution in [3.8, 4) is 5.75 Å². The lowest BCUT2D eigenvalue weighted by Gasteiger charge is -2.23. The van der Waals surface area contributed by atoms with Gasteiger partial charge in [-0.25, -0.2) is 4.98 Å².